The monoisotopic (exact) mass is 276 g/mol. The van der Waals surface area contributed by atoms with Crippen molar-refractivity contribution >= 4 is 11.9 Å². The minimum Gasteiger partial charge on any atom is -0.478 e. The summed E-state index contributed by atoms with van der Waals surface area (Å²) in [5.41, 5.74) is 1.06. The van der Waals surface area contributed by atoms with Crippen LogP contribution in [-0.2, 0) is 11.3 Å². The van der Waals surface area contributed by atoms with Crippen LogP contribution in [0.5, 0.6) is 0 Å². The molecule has 1 amide bonds. The van der Waals surface area contributed by atoms with Crippen LogP contribution in [0, 0.1) is 5.92 Å². The van der Waals surface area contributed by atoms with Gasteiger partial charge in [-0.3, -0.25) is 9.69 Å². The second kappa shape index (κ2) is 6.05. The maximum Gasteiger partial charge on any atom is 0.336 e. The van der Waals surface area contributed by atoms with Crippen molar-refractivity contribution in [2.45, 2.75) is 26.4 Å². The molecule has 0 spiro atoms. The predicted molar refractivity (Wildman–Crippen MR) is 75.4 cm³/mol. The molecular weight excluding hydrogens is 256 g/mol. The number of hydrogen-bond acceptors (Lipinski definition) is 3. The van der Waals surface area contributed by atoms with Crippen LogP contribution in [-0.4, -0.2) is 41.0 Å². The minimum absolute atomic E-state index is 0.0269. The summed E-state index contributed by atoms with van der Waals surface area (Å²) in [5, 5.41) is 12.1. The highest BCUT2D eigenvalue weighted by Crippen LogP contribution is 2.19. The van der Waals surface area contributed by atoms with Crippen molar-refractivity contribution in [3.8, 4) is 0 Å². The number of rotatable bonds is 4. The molecule has 2 rings (SSSR count). The van der Waals surface area contributed by atoms with E-state index in [4.69, 9.17) is 0 Å². The molecule has 2 N–H and O–H groups in total. The first kappa shape index (κ1) is 14.5. The molecule has 0 bridgehead atoms. The Morgan fingerprint density at radius 3 is 2.80 bits per heavy atom. The number of nitrogens with zero attached hydrogens (tertiary/aromatic N) is 1. The summed E-state index contributed by atoms with van der Waals surface area (Å²) in [5.74, 6) is -0.713. The Labute approximate surface area is 118 Å². The Kier molecular flexibility index (Phi) is 4.39. The molecule has 0 aromatic heterocycles. The van der Waals surface area contributed by atoms with E-state index in [2.05, 4.69) is 10.2 Å². The summed E-state index contributed by atoms with van der Waals surface area (Å²) in [4.78, 5) is 25.3. The van der Waals surface area contributed by atoms with Gasteiger partial charge in [0.15, 0.2) is 0 Å². The number of piperazine rings is 1. The predicted octanol–water partition coefficient (Wildman–Crippen LogP) is 1.34. The standard InChI is InChI=1S/C15H20N2O3/c1-10(2)13-14(18)16-7-8-17(13)9-11-5-3-4-6-12(11)15(19)20/h3-6,10,13H,7-9H2,1-2H3,(H,16,18)(H,19,20). The Bertz CT molecular complexity index is 514. The van der Waals surface area contributed by atoms with Gasteiger partial charge in [-0.15, -0.1) is 0 Å². The van der Waals surface area contributed by atoms with E-state index in [0.29, 0.717) is 18.7 Å². The maximum absolute atomic E-state index is 12.0. The highest BCUT2D eigenvalue weighted by atomic mass is 16.4. The highest BCUT2D eigenvalue weighted by Gasteiger charge is 2.32. The number of nitrogens with one attached hydrogen (secondary N) is 1. The molecule has 0 aliphatic carbocycles. The van der Waals surface area contributed by atoms with Crippen molar-refractivity contribution in [3.63, 3.8) is 0 Å². The molecule has 1 atom stereocenters. The molecule has 0 radical (unpaired) electrons. The molecule has 1 unspecified atom stereocenters. The van der Waals surface area contributed by atoms with E-state index in [-0.39, 0.29) is 17.9 Å². The van der Waals surface area contributed by atoms with Gasteiger partial charge in [0.1, 0.15) is 0 Å². The van der Waals surface area contributed by atoms with E-state index in [9.17, 15) is 14.7 Å². The molecule has 20 heavy (non-hydrogen) atoms. The first-order valence-electron chi connectivity index (χ1n) is 6.83. The van der Waals surface area contributed by atoms with Crippen LogP contribution in [0.4, 0.5) is 0 Å². The molecule has 1 fully saturated rings. The minimum atomic E-state index is -0.928. The fourth-order valence-corrected chi connectivity index (χ4v) is 2.72. The summed E-state index contributed by atoms with van der Waals surface area (Å²) < 4.78 is 0. The van der Waals surface area contributed by atoms with Crippen LogP contribution < -0.4 is 5.32 Å². The lowest BCUT2D eigenvalue weighted by molar-refractivity contribution is -0.131. The number of hydrogen-bond donors (Lipinski definition) is 2. The number of carbonyl (C=O) groups is 2. The first-order valence-corrected chi connectivity index (χ1v) is 6.83. The number of benzene rings is 1. The van der Waals surface area contributed by atoms with Crippen LogP contribution in [0.15, 0.2) is 24.3 Å². The van der Waals surface area contributed by atoms with Gasteiger partial charge >= 0.3 is 5.97 Å². The SMILES string of the molecule is CC(C)C1C(=O)NCCN1Cc1ccccc1C(=O)O. The third-order valence-electron chi connectivity index (χ3n) is 3.61. The van der Waals surface area contributed by atoms with Gasteiger partial charge in [0.2, 0.25) is 5.91 Å². The average Bonchev–Trinajstić information content (AvgIpc) is 2.38. The molecule has 1 aliphatic rings. The Morgan fingerprint density at radius 1 is 1.45 bits per heavy atom. The van der Waals surface area contributed by atoms with Gasteiger partial charge in [-0.05, 0) is 17.5 Å². The highest BCUT2D eigenvalue weighted by molar-refractivity contribution is 5.89. The summed E-state index contributed by atoms with van der Waals surface area (Å²) in [6.45, 7) is 5.84. The second-order valence-electron chi connectivity index (χ2n) is 5.41. The number of aromatic carboxylic acids is 1. The van der Waals surface area contributed by atoms with Gasteiger partial charge in [-0.1, -0.05) is 32.0 Å². The van der Waals surface area contributed by atoms with E-state index >= 15 is 0 Å². The van der Waals surface area contributed by atoms with Gasteiger partial charge in [0.05, 0.1) is 11.6 Å². The normalized spacial score (nSPS) is 19.9. The molecule has 1 saturated heterocycles. The molecule has 1 aliphatic heterocycles. The molecule has 108 valence electrons. The fourth-order valence-electron chi connectivity index (χ4n) is 2.72. The zero-order valence-electron chi connectivity index (χ0n) is 11.8. The van der Waals surface area contributed by atoms with E-state index in [1.165, 1.54) is 0 Å². The smallest absolute Gasteiger partial charge is 0.336 e. The molecule has 5 heteroatoms. The third-order valence-corrected chi connectivity index (χ3v) is 3.61. The summed E-state index contributed by atoms with van der Waals surface area (Å²) in [7, 11) is 0. The van der Waals surface area contributed by atoms with Crippen molar-refractivity contribution in [1.29, 1.82) is 0 Å². The Hall–Kier alpha value is -1.88. The molecule has 0 saturated carbocycles. The number of carboxylic acid groups (broad SMARTS) is 1. The lowest BCUT2D eigenvalue weighted by atomic mass is 9.98. The van der Waals surface area contributed by atoms with Crippen LogP contribution in [0.25, 0.3) is 0 Å². The molecule has 1 aromatic carbocycles. The summed E-state index contributed by atoms with van der Waals surface area (Å²) in [6, 6.07) is 6.76. The van der Waals surface area contributed by atoms with Gasteiger partial charge in [0.25, 0.3) is 0 Å². The van der Waals surface area contributed by atoms with Gasteiger partial charge in [0, 0.05) is 19.6 Å². The zero-order valence-corrected chi connectivity index (χ0v) is 11.8. The Morgan fingerprint density at radius 2 is 2.15 bits per heavy atom. The van der Waals surface area contributed by atoms with E-state index < -0.39 is 5.97 Å². The number of amides is 1. The topological polar surface area (TPSA) is 69.6 Å². The lowest BCUT2D eigenvalue weighted by Gasteiger charge is -2.37. The van der Waals surface area contributed by atoms with Crippen molar-refractivity contribution < 1.29 is 14.7 Å². The van der Waals surface area contributed by atoms with Crippen molar-refractivity contribution in [2.24, 2.45) is 5.92 Å². The number of carbonyl (C=O) groups excluding carboxylic acids is 1. The zero-order chi connectivity index (χ0) is 14.7. The maximum atomic E-state index is 12.0. The average molecular weight is 276 g/mol. The van der Waals surface area contributed by atoms with Crippen LogP contribution in [0.2, 0.25) is 0 Å². The van der Waals surface area contributed by atoms with Crippen LogP contribution in [0.3, 0.4) is 0 Å². The number of carboxylic acids is 1. The van der Waals surface area contributed by atoms with Crippen molar-refractivity contribution in [3.05, 3.63) is 35.4 Å². The van der Waals surface area contributed by atoms with Gasteiger partial charge < -0.3 is 10.4 Å². The second-order valence-corrected chi connectivity index (χ2v) is 5.41. The molecule has 1 heterocycles. The summed E-state index contributed by atoms with van der Waals surface area (Å²) >= 11 is 0. The van der Waals surface area contributed by atoms with Gasteiger partial charge in [-0.2, -0.15) is 0 Å². The largest absolute Gasteiger partial charge is 0.478 e. The first-order chi connectivity index (χ1) is 9.50. The van der Waals surface area contributed by atoms with Crippen molar-refractivity contribution in [1.82, 2.24) is 10.2 Å². The van der Waals surface area contributed by atoms with E-state index in [1.807, 2.05) is 26.0 Å². The molecule has 5 nitrogen and oxygen atoms in total. The fraction of sp³-hybridized carbons (Fsp3) is 0.467. The molecular formula is C15H20N2O3. The quantitative estimate of drug-likeness (QED) is 0.870. The van der Waals surface area contributed by atoms with Crippen LogP contribution in [0.1, 0.15) is 29.8 Å². The lowest BCUT2D eigenvalue weighted by Crippen LogP contribution is -2.56. The summed E-state index contributed by atoms with van der Waals surface area (Å²) in [6.07, 6.45) is 0. The van der Waals surface area contributed by atoms with Crippen LogP contribution >= 0.6 is 0 Å². The van der Waals surface area contributed by atoms with E-state index in [1.54, 1.807) is 12.1 Å². The van der Waals surface area contributed by atoms with Crippen molar-refractivity contribution in [2.75, 3.05) is 13.1 Å². The third kappa shape index (κ3) is 2.99. The van der Waals surface area contributed by atoms with Gasteiger partial charge in [-0.25, -0.2) is 4.79 Å². The molecule has 1 aromatic rings. The van der Waals surface area contributed by atoms with E-state index in [0.717, 1.165) is 12.1 Å². The Balaban J connectivity index is 2.24.